The number of carbonyl (C=O) groups excluding carboxylic acids is 2. The van der Waals surface area contributed by atoms with E-state index in [-0.39, 0.29) is 18.6 Å². The van der Waals surface area contributed by atoms with Crippen molar-refractivity contribution in [3.05, 3.63) is 63.4 Å². The maximum absolute atomic E-state index is 13.8. The second-order valence-corrected chi connectivity index (χ2v) is 11.2. The minimum atomic E-state index is -1.69. The van der Waals surface area contributed by atoms with E-state index in [9.17, 15) is 14.4 Å². The van der Waals surface area contributed by atoms with Gasteiger partial charge in [0, 0.05) is 29.6 Å². The third-order valence-electron chi connectivity index (χ3n) is 8.47. The molecule has 2 aliphatic rings. The minimum absolute atomic E-state index is 0.143. The van der Waals surface area contributed by atoms with Gasteiger partial charge in [-0.25, -0.2) is 14.6 Å². The maximum atomic E-state index is 13.8. The molecule has 218 valence electrons. The number of unbranched alkanes of at least 4 members (excludes halogenated alkanes) is 6. The van der Waals surface area contributed by atoms with Gasteiger partial charge in [0.05, 0.1) is 29.0 Å². The summed E-state index contributed by atoms with van der Waals surface area (Å²) in [5, 5.41) is 1.00. The van der Waals surface area contributed by atoms with Gasteiger partial charge in [0.1, 0.15) is 6.61 Å². The van der Waals surface area contributed by atoms with Gasteiger partial charge in [-0.2, -0.15) is 0 Å². The van der Waals surface area contributed by atoms with E-state index in [0.717, 1.165) is 67.8 Å². The highest BCUT2D eigenvalue weighted by atomic mass is 16.6. The molecule has 0 unspecified atom stereocenters. The van der Waals surface area contributed by atoms with E-state index in [1.54, 1.807) is 16.4 Å². The van der Waals surface area contributed by atoms with E-state index in [1.807, 2.05) is 30.3 Å². The van der Waals surface area contributed by atoms with Crippen LogP contribution in [0.4, 0.5) is 4.79 Å². The molecule has 1 aromatic carbocycles. The highest BCUT2D eigenvalue weighted by Crippen LogP contribution is 2.41. The van der Waals surface area contributed by atoms with E-state index >= 15 is 0 Å². The van der Waals surface area contributed by atoms with Gasteiger partial charge in [0.2, 0.25) is 5.60 Å². The molecule has 1 atom stereocenters. The number of esters is 1. The van der Waals surface area contributed by atoms with Crippen molar-refractivity contribution in [2.45, 2.75) is 97.3 Å². The molecule has 2 aliphatic heterocycles. The molecular weight excluding hydrogens is 518 g/mol. The number of rotatable bonds is 12. The van der Waals surface area contributed by atoms with E-state index in [1.165, 1.54) is 0 Å². The third-order valence-corrected chi connectivity index (χ3v) is 8.47. The van der Waals surface area contributed by atoms with Crippen LogP contribution in [0, 0.1) is 0 Å². The zero-order valence-corrected chi connectivity index (χ0v) is 24.5. The summed E-state index contributed by atoms with van der Waals surface area (Å²) in [5.41, 5.74) is 1.97. The average molecular weight is 560 g/mol. The van der Waals surface area contributed by atoms with Crippen molar-refractivity contribution in [2.75, 3.05) is 13.1 Å². The molecule has 3 aromatic rings. The summed E-state index contributed by atoms with van der Waals surface area (Å²) in [7, 11) is 0. The van der Waals surface area contributed by atoms with Crippen molar-refractivity contribution in [3.8, 4) is 11.4 Å². The number of nitrogens with zero attached hydrogens (tertiary/aromatic N) is 3. The summed E-state index contributed by atoms with van der Waals surface area (Å²) in [6, 6.07) is 11.7. The van der Waals surface area contributed by atoms with Crippen LogP contribution in [0.15, 0.2) is 41.2 Å². The number of amides is 1. The predicted molar refractivity (Wildman–Crippen MR) is 159 cm³/mol. The molecular formula is C33H41N3O5. The molecule has 1 amide bonds. The number of aromatic nitrogens is 2. The maximum Gasteiger partial charge on any atom is 0.411 e. The minimum Gasteiger partial charge on any atom is -0.457 e. The Morgan fingerprint density at radius 1 is 1.00 bits per heavy atom. The molecule has 41 heavy (non-hydrogen) atoms. The first-order valence-electron chi connectivity index (χ1n) is 15.2. The summed E-state index contributed by atoms with van der Waals surface area (Å²) in [4.78, 5) is 47.6. The lowest BCUT2D eigenvalue weighted by Crippen LogP contribution is -2.49. The zero-order chi connectivity index (χ0) is 29.0. The van der Waals surface area contributed by atoms with E-state index in [4.69, 9.17) is 14.5 Å². The lowest BCUT2D eigenvalue weighted by Gasteiger charge is -2.37. The number of carbonyl (C=O) groups is 2. The Balaban J connectivity index is 1.51. The summed E-state index contributed by atoms with van der Waals surface area (Å²) >= 11 is 0. The highest BCUT2D eigenvalue weighted by molar-refractivity contribution is 5.88. The molecule has 0 radical (unpaired) electrons. The van der Waals surface area contributed by atoms with Crippen LogP contribution >= 0.6 is 0 Å². The Bertz CT molecular complexity index is 1480. The van der Waals surface area contributed by atoms with E-state index in [2.05, 4.69) is 19.9 Å². The number of ether oxygens (including phenoxy) is 2. The van der Waals surface area contributed by atoms with Crippen molar-refractivity contribution >= 4 is 23.0 Å². The Labute approximate surface area is 241 Å². The smallest absolute Gasteiger partial charge is 0.411 e. The lowest BCUT2D eigenvalue weighted by molar-refractivity contribution is -0.173. The Kier molecular flexibility index (Phi) is 8.76. The van der Waals surface area contributed by atoms with Gasteiger partial charge in [-0.3, -0.25) is 4.79 Å². The SMILES string of the molecule is CCCCCCN(CCCCCC)C(=O)O[C@]1(CC)C(=O)OCc2c1cc1n(c2=O)Cc2cc3ccccc3nc2-1. The topological polar surface area (TPSA) is 90.7 Å². The van der Waals surface area contributed by atoms with Crippen LogP contribution in [0.25, 0.3) is 22.3 Å². The number of para-hydroxylation sites is 1. The fraction of sp³-hybridized carbons (Fsp3) is 0.515. The van der Waals surface area contributed by atoms with Crippen molar-refractivity contribution < 1.29 is 19.1 Å². The summed E-state index contributed by atoms with van der Waals surface area (Å²) in [6.07, 6.45) is 7.87. The Hall–Kier alpha value is -3.68. The van der Waals surface area contributed by atoms with E-state index < -0.39 is 17.7 Å². The van der Waals surface area contributed by atoms with Crippen molar-refractivity contribution in [3.63, 3.8) is 0 Å². The molecule has 0 spiro atoms. The molecule has 8 nitrogen and oxygen atoms in total. The average Bonchev–Trinajstić information content (AvgIpc) is 3.34. The summed E-state index contributed by atoms with van der Waals surface area (Å²) in [6.45, 7) is 7.50. The number of benzene rings is 1. The Morgan fingerprint density at radius 3 is 2.39 bits per heavy atom. The monoisotopic (exact) mass is 559 g/mol. The predicted octanol–water partition coefficient (Wildman–Crippen LogP) is 6.69. The number of fused-ring (bicyclic) bond motifs is 5. The third kappa shape index (κ3) is 5.48. The molecule has 0 saturated heterocycles. The fourth-order valence-corrected chi connectivity index (χ4v) is 6.05. The number of hydrogen-bond acceptors (Lipinski definition) is 6. The first kappa shape index (κ1) is 28.8. The van der Waals surface area contributed by atoms with Gasteiger partial charge >= 0.3 is 12.1 Å². The van der Waals surface area contributed by atoms with Crippen molar-refractivity contribution in [1.82, 2.24) is 14.5 Å². The molecule has 2 aromatic heterocycles. The van der Waals surface area contributed by atoms with Crippen molar-refractivity contribution in [2.24, 2.45) is 0 Å². The lowest BCUT2D eigenvalue weighted by atomic mass is 9.85. The zero-order valence-electron chi connectivity index (χ0n) is 24.5. The fourth-order valence-electron chi connectivity index (χ4n) is 6.05. The van der Waals surface area contributed by atoms with Crippen LogP contribution in [-0.4, -0.2) is 39.6 Å². The summed E-state index contributed by atoms with van der Waals surface area (Å²) in [5.74, 6) is -0.633. The second kappa shape index (κ2) is 12.5. The van der Waals surface area contributed by atoms with Crippen LogP contribution < -0.4 is 5.56 Å². The highest BCUT2D eigenvalue weighted by Gasteiger charge is 2.51. The first-order chi connectivity index (χ1) is 19.9. The Morgan fingerprint density at radius 2 is 1.71 bits per heavy atom. The molecule has 0 bridgehead atoms. The number of hydrogen-bond donors (Lipinski definition) is 0. The standard InChI is InChI=1S/C33H41N3O5/c1-4-7-9-13-17-35(18-14-10-8-5-2)32(39)41-33(6-3)26-20-28-29-24(19-23-15-11-12-16-27(23)34-29)21-36(28)30(37)25(26)22-40-31(33)38/h11-12,15-16,19-20H,4-10,13-14,17-18,21-22H2,1-3H3/t33-/m0/s1. The van der Waals surface area contributed by atoms with Crippen LogP contribution in [0.5, 0.6) is 0 Å². The van der Waals surface area contributed by atoms with Gasteiger partial charge < -0.3 is 18.9 Å². The molecule has 0 saturated carbocycles. The van der Waals surface area contributed by atoms with Crippen LogP contribution in [0.3, 0.4) is 0 Å². The van der Waals surface area contributed by atoms with E-state index in [0.29, 0.717) is 42.1 Å². The van der Waals surface area contributed by atoms with Gasteiger partial charge in [-0.1, -0.05) is 77.5 Å². The molecule has 8 heteroatoms. The normalized spacial score (nSPS) is 17.1. The molecule has 5 rings (SSSR count). The quantitative estimate of drug-likeness (QED) is 0.142. The van der Waals surface area contributed by atoms with Crippen molar-refractivity contribution in [1.29, 1.82) is 0 Å². The van der Waals surface area contributed by atoms with Crippen LogP contribution in [-0.2, 0) is 33.0 Å². The number of cyclic esters (lactones) is 1. The molecule has 4 heterocycles. The number of pyridine rings is 2. The van der Waals surface area contributed by atoms with Gasteiger partial charge in [-0.05, 0) is 37.5 Å². The largest absolute Gasteiger partial charge is 0.457 e. The van der Waals surface area contributed by atoms with Gasteiger partial charge in [0.25, 0.3) is 5.56 Å². The van der Waals surface area contributed by atoms with Gasteiger partial charge in [-0.15, -0.1) is 0 Å². The molecule has 0 N–H and O–H groups in total. The summed E-state index contributed by atoms with van der Waals surface area (Å²) < 4.78 is 13.4. The van der Waals surface area contributed by atoms with Crippen LogP contribution in [0.1, 0.15) is 95.2 Å². The van der Waals surface area contributed by atoms with Gasteiger partial charge in [0.15, 0.2) is 0 Å². The van der Waals surface area contributed by atoms with Crippen LogP contribution in [0.2, 0.25) is 0 Å². The molecule has 0 fully saturated rings. The second-order valence-electron chi connectivity index (χ2n) is 11.2. The molecule has 0 aliphatic carbocycles. The first-order valence-corrected chi connectivity index (χ1v) is 15.2.